The first-order chi connectivity index (χ1) is 5.65. The van der Waals surface area contributed by atoms with Crippen LogP contribution in [0.5, 0.6) is 5.75 Å². The minimum absolute atomic E-state index is 0.291. The summed E-state index contributed by atoms with van der Waals surface area (Å²) in [5.74, 6) is -0.336. The summed E-state index contributed by atoms with van der Waals surface area (Å²) < 4.78 is 0. The fourth-order valence-electron chi connectivity index (χ4n) is 0.822. The van der Waals surface area contributed by atoms with Crippen molar-refractivity contribution in [3.63, 3.8) is 0 Å². The van der Waals surface area contributed by atoms with Crippen LogP contribution in [-0.4, -0.2) is 10.0 Å². The van der Waals surface area contributed by atoms with Gasteiger partial charge in [0.25, 0.3) is 0 Å². The van der Waals surface area contributed by atoms with Crippen molar-refractivity contribution in [3.8, 4) is 5.75 Å². The van der Waals surface area contributed by atoms with Gasteiger partial charge in [-0.15, -0.1) is 0 Å². The lowest BCUT2D eigenvalue weighted by Crippen LogP contribution is -1.88. The van der Waals surface area contributed by atoms with Crippen LogP contribution in [-0.2, 0) is 0 Å². The van der Waals surface area contributed by atoms with Gasteiger partial charge in [0.2, 0.25) is 0 Å². The van der Waals surface area contributed by atoms with Crippen LogP contribution in [0.1, 0.15) is 5.56 Å². The SMILES string of the molecule is C=Cc1ccc([N+](=O)[O-])c(O)c1. The largest absolute Gasteiger partial charge is 0.502 e. The van der Waals surface area contributed by atoms with Gasteiger partial charge in [-0.3, -0.25) is 10.1 Å². The van der Waals surface area contributed by atoms with Crippen molar-refractivity contribution in [2.75, 3.05) is 0 Å². The summed E-state index contributed by atoms with van der Waals surface area (Å²) in [6.07, 6.45) is 1.50. The Kier molecular flexibility index (Phi) is 2.09. The maximum Gasteiger partial charge on any atom is 0.310 e. The van der Waals surface area contributed by atoms with Crippen molar-refractivity contribution in [3.05, 3.63) is 40.5 Å². The van der Waals surface area contributed by atoms with E-state index in [0.29, 0.717) is 5.56 Å². The average molecular weight is 165 g/mol. The lowest BCUT2D eigenvalue weighted by atomic mass is 10.2. The molecule has 0 radical (unpaired) electrons. The number of rotatable bonds is 2. The number of hydrogen-bond acceptors (Lipinski definition) is 3. The molecule has 0 heterocycles. The third kappa shape index (κ3) is 1.42. The molecule has 1 aromatic carbocycles. The van der Waals surface area contributed by atoms with Gasteiger partial charge >= 0.3 is 5.69 Å². The Labute approximate surface area is 68.9 Å². The molecule has 0 aliphatic heterocycles. The van der Waals surface area contributed by atoms with Gasteiger partial charge < -0.3 is 5.11 Å². The van der Waals surface area contributed by atoms with Gasteiger partial charge in [-0.05, 0) is 17.7 Å². The summed E-state index contributed by atoms with van der Waals surface area (Å²) in [4.78, 5) is 9.60. The molecule has 0 atom stereocenters. The molecule has 62 valence electrons. The van der Waals surface area contributed by atoms with E-state index in [-0.39, 0.29) is 11.4 Å². The van der Waals surface area contributed by atoms with E-state index < -0.39 is 4.92 Å². The highest BCUT2D eigenvalue weighted by atomic mass is 16.6. The molecule has 0 aliphatic carbocycles. The number of phenols is 1. The van der Waals surface area contributed by atoms with E-state index in [1.165, 1.54) is 24.3 Å². The predicted octanol–water partition coefficient (Wildman–Crippen LogP) is 1.94. The molecule has 0 amide bonds. The van der Waals surface area contributed by atoms with E-state index in [1.54, 1.807) is 0 Å². The number of nitrogens with zero attached hydrogens (tertiary/aromatic N) is 1. The molecule has 12 heavy (non-hydrogen) atoms. The van der Waals surface area contributed by atoms with E-state index in [2.05, 4.69) is 6.58 Å². The molecule has 4 nitrogen and oxygen atoms in total. The van der Waals surface area contributed by atoms with Gasteiger partial charge in [0.05, 0.1) is 4.92 Å². The third-order valence-electron chi connectivity index (χ3n) is 1.43. The van der Waals surface area contributed by atoms with Gasteiger partial charge in [-0.25, -0.2) is 0 Å². The summed E-state index contributed by atoms with van der Waals surface area (Å²) >= 11 is 0. The Morgan fingerprint density at radius 2 is 2.25 bits per heavy atom. The van der Waals surface area contributed by atoms with Gasteiger partial charge in [0.1, 0.15) is 0 Å². The first-order valence-corrected chi connectivity index (χ1v) is 3.25. The zero-order chi connectivity index (χ0) is 9.14. The molecule has 1 rings (SSSR count). The van der Waals surface area contributed by atoms with Crippen molar-refractivity contribution in [2.24, 2.45) is 0 Å². The van der Waals surface area contributed by atoms with E-state index in [1.807, 2.05) is 0 Å². The zero-order valence-electron chi connectivity index (χ0n) is 6.23. The highest BCUT2D eigenvalue weighted by molar-refractivity contribution is 5.56. The van der Waals surface area contributed by atoms with Crippen LogP contribution in [0.2, 0.25) is 0 Å². The molecule has 0 fully saturated rings. The van der Waals surface area contributed by atoms with Gasteiger partial charge in [0, 0.05) is 6.07 Å². The topological polar surface area (TPSA) is 63.4 Å². The van der Waals surface area contributed by atoms with Crippen LogP contribution < -0.4 is 0 Å². The van der Waals surface area contributed by atoms with E-state index in [4.69, 9.17) is 5.11 Å². The Hall–Kier alpha value is -1.84. The molecule has 0 saturated carbocycles. The van der Waals surface area contributed by atoms with Gasteiger partial charge in [-0.1, -0.05) is 12.7 Å². The number of nitro benzene ring substituents is 1. The summed E-state index contributed by atoms with van der Waals surface area (Å²) in [7, 11) is 0. The Morgan fingerprint density at radius 3 is 2.67 bits per heavy atom. The number of nitro groups is 1. The van der Waals surface area contributed by atoms with Crippen LogP contribution in [0.25, 0.3) is 6.08 Å². The van der Waals surface area contributed by atoms with Crippen LogP contribution in [0.3, 0.4) is 0 Å². The van der Waals surface area contributed by atoms with Crippen LogP contribution >= 0.6 is 0 Å². The quantitative estimate of drug-likeness (QED) is 0.538. The Morgan fingerprint density at radius 1 is 1.58 bits per heavy atom. The molecule has 0 unspecified atom stereocenters. The second kappa shape index (κ2) is 3.04. The Bertz CT molecular complexity index is 333. The standard InChI is InChI=1S/C8H7NO3/c1-2-6-3-4-7(9(11)12)8(10)5-6/h2-5,10H,1H2. The second-order valence-corrected chi connectivity index (χ2v) is 2.21. The maximum absolute atomic E-state index is 10.2. The summed E-state index contributed by atoms with van der Waals surface area (Å²) in [5.41, 5.74) is 0.360. The summed E-state index contributed by atoms with van der Waals surface area (Å²) in [6, 6.07) is 4.06. The number of aromatic hydroxyl groups is 1. The minimum Gasteiger partial charge on any atom is -0.502 e. The number of hydrogen-bond donors (Lipinski definition) is 1. The molecular weight excluding hydrogens is 158 g/mol. The fraction of sp³-hybridized carbons (Fsp3) is 0. The van der Waals surface area contributed by atoms with E-state index >= 15 is 0 Å². The van der Waals surface area contributed by atoms with Crippen LogP contribution in [0.4, 0.5) is 5.69 Å². The molecule has 0 saturated heterocycles. The summed E-state index contributed by atoms with van der Waals surface area (Å²) in [6.45, 7) is 3.47. The highest BCUT2D eigenvalue weighted by Gasteiger charge is 2.11. The van der Waals surface area contributed by atoms with E-state index in [9.17, 15) is 10.1 Å². The molecule has 0 bridgehead atoms. The van der Waals surface area contributed by atoms with Crippen molar-refractivity contribution in [1.82, 2.24) is 0 Å². The molecule has 4 heteroatoms. The zero-order valence-corrected chi connectivity index (χ0v) is 6.23. The highest BCUT2D eigenvalue weighted by Crippen LogP contribution is 2.26. The van der Waals surface area contributed by atoms with Gasteiger partial charge in [-0.2, -0.15) is 0 Å². The molecule has 0 aromatic heterocycles. The predicted molar refractivity (Wildman–Crippen MR) is 44.9 cm³/mol. The molecule has 0 aliphatic rings. The van der Waals surface area contributed by atoms with Crippen LogP contribution in [0.15, 0.2) is 24.8 Å². The van der Waals surface area contributed by atoms with Crippen molar-refractivity contribution in [1.29, 1.82) is 0 Å². The third-order valence-corrected chi connectivity index (χ3v) is 1.43. The van der Waals surface area contributed by atoms with Crippen LogP contribution in [0, 0.1) is 10.1 Å². The van der Waals surface area contributed by atoms with Crippen molar-refractivity contribution >= 4 is 11.8 Å². The smallest absolute Gasteiger partial charge is 0.310 e. The molecule has 1 aromatic rings. The maximum atomic E-state index is 10.2. The first-order valence-electron chi connectivity index (χ1n) is 3.25. The second-order valence-electron chi connectivity index (χ2n) is 2.21. The average Bonchev–Trinajstić information content (AvgIpc) is 2.03. The fourth-order valence-corrected chi connectivity index (χ4v) is 0.822. The van der Waals surface area contributed by atoms with Crippen molar-refractivity contribution in [2.45, 2.75) is 0 Å². The van der Waals surface area contributed by atoms with Crippen molar-refractivity contribution < 1.29 is 10.0 Å². The monoisotopic (exact) mass is 165 g/mol. The molecule has 1 N–H and O–H groups in total. The molecule has 0 spiro atoms. The lowest BCUT2D eigenvalue weighted by Gasteiger charge is -1.96. The lowest BCUT2D eigenvalue weighted by molar-refractivity contribution is -0.385. The molecular formula is C8H7NO3. The van der Waals surface area contributed by atoms with Gasteiger partial charge in [0.15, 0.2) is 5.75 Å². The summed E-state index contributed by atoms with van der Waals surface area (Å²) in [5, 5.41) is 19.3. The number of phenolic OH excluding ortho intramolecular Hbond substituents is 1. The number of benzene rings is 1. The first kappa shape index (κ1) is 8.26. The normalized spacial score (nSPS) is 9.33. The minimum atomic E-state index is -0.637. The van der Waals surface area contributed by atoms with E-state index in [0.717, 1.165) is 0 Å². The Balaban J connectivity index is 3.20.